The minimum atomic E-state index is -3.63. The third-order valence-corrected chi connectivity index (χ3v) is 6.67. The van der Waals surface area contributed by atoms with Crippen LogP contribution in [0.3, 0.4) is 0 Å². The summed E-state index contributed by atoms with van der Waals surface area (Å²) in [5.41, 5.74) is 1.07. The van der Waals surface area contributed by atoms with E-state index in [1.165, 1.54) is 28.4 Å². The largest absolute Gasteiger partial charge is 0.454 e. The molecule has 2 aromatic carbocycles. The summed E-state index contributed by atoms with van der Waals surface area (Å²) >= 11 is 0. The van der Waals surface area contributed by atoms with Gasteiger partial charge in [0.1, 0.15) is 11.9 Å². The van der Waals surface area contributed by atoms with Crippen molar-refractivity contribution in [2.75, 3.05) is 30.9 Å². The van der Waals surface area contributed by atoms with E-state index in [9.17, 15) is 22.4 Å². The molecular weight excluding hydrogens is 465 g/mol. The van der Waals surface area contributed by atoms with Crippen molar-refractivity contribution in [2.45, 2.75) is 32.4 Å². The van der Waals surface area contributed by atoms with Crippen molar-refractivity contribution >= 4 is 27.5 Å². The fourth-order valence-electron chi connectivity index (χ4n) is 3.62. The minimum absolute atomic E-state index is 0.0130. The van der Waals surface area contributed by atoms with Gasteiger partial charge in [0, 0.05) is 32.6 Å². The molecule has 1 aliphatic rings. The molecule has 0 radical (unpaired) electrons. The number of carbonyl (C=O) groups excluding carboxylic acids is 2. The van der Waals surface area contributed by atoms with E-state index in [1.807, 2.05) is 0 Å². The van der Waals surface area contributed by atoms with Crippen LogP contribution in [0.2, 0.25) is 0 Å². The van der Waals surface area contributed by atoms with Gasteiger partial charge in [-0.25, -0.2) is 12.8 Å². The first-order chi connectivity index (χ1) is 16.1. The lowest BCUT2D eigenvalue weighted by molar-refractivity contribution is -0.140. The van der Waals surface area contributed by atoms with E-state index in [0.717, 1.165) is 6.26 Å². The molecule has 1 N–H and O–H groups in total. The molecule has 11 heteroatoms. The molecule has 0 spiro atoms. The summed E-state index contributed by atoms with van der Waals surface area (Å²) < 4.78 is 49.9. The van der Waals surface area contributed by atoms with Crippen LogP contribution in [0.25, 0.3) is 0 Å². The number of rotatable bonds is 10. The summed E-state index contributed by atoms with van der Waals surface area (Å²) in [7, 11) is -2.15. The molecule has 34 heavy (non-hydrogen) atoms. The van der Waals surface area contributed by atoms with Gasteiger partial charge < -0.3 is 19.7 Å². The molecule has 2 aromatic rings. The maximum absolute atomic E-state index is 13.3. The van der Waals surface area contributed by atoms with Crippen LogP contribution in [0.15, 0.2) is 42.5 Å². The number of halogens is 1. The van der Waals surface area contributed by atoms with Gasteiger partial charge in [-0.1, -0.05) is 12.1 Å². The molecule has 0 fully saturated rings. The number of benzene rings is 2. The molecule has 1 unspecified atom stereocenters. The van der Waals surface area contributed by atoms with E-state index in [2.05, 4.69) is 5.32 Å². The molecule has 1 atom stereocenters. The number of nitrogens with zero attached hydrogens (tertiary/aromatic N) is 2. The average molecular weight is 494 g/mol. The number of hydrogen-bond acceptors (Lipinski definition) is 6. The number of hydrogen-bond donors (Lipinski definition) is 1. The maximum Gasteiger partial charge on any atom is 0.242 e. The highest BCUT2D eigenvalue weighted by Crippen LogP contribution is 2.36. The zero-order valence-corrected chi connectivity index (χ0v) is 20.1. The van der Waals surface area contributed by atoms with E-state index >= 15 is 0 Å². The summed E-state index contributed by atoms with van der Waals surface area (Å²) in [6.45, 7) is 1.85. The number of amides is 2. The highest BCUT2D eigenvalue weighted by Gasteiger charge is 2.26. The van der Waals surface area contributed by atoms with Crippen LogP contribution in [-0.4, -0.2) is 57.8 Å². The monoisotopic (exact) mass is 493 g/mol. The number of ether oxygens (including phenoxy) is 2. The molecular formula is C23H28FN3O6S. The van der Waals surface area contributed by atoms with Gasteiger partial charge in [-0.2, -0.15) is 0 Å². The normalized spacial score (nSPS) is 13.3. The molecule has 0 bridgehead atoms. The van der Waals surface area contributed by atoms with Crippen molar-refractivity contribution in [3.63, 3.8) is 0 Å². The van der Waals surface area contributed by atoms with Gasteiger partial charge in [-0.05, 0) is 43.2 Å². The molecule has 9 nitrogen and oxygen atoms in total. The Balaban J connectivity index is 1.71. The van der Waals surface area contributed by atoms with Crippen molar-refractivity contribution in [3.05, 3.63) is 53.8 Å². The van der Waals surface area contributed by atoms with E-state index in [-0.39, 0.29) is 44.5 Å². The zero-order chi connectivity index (χ0) is 24.9. The molecule has 0 saturated heterocycles. The second-order valence-corrected chi connectivity index (χ2v) is 9.82. The van der Waals surface area contributed by atoms with Crippen LogP contribution in [0, 0.1) is 5.82 Å². The summed E-state index contributed by atoms with van der Waals surface area (Å²) in [6.07, 6.45) is 1.33. The number of fused-ring (bicyclic) bond motifs is 1. The fraction of sp³-hybridized carbons (Fsp3) is 0.391. The summed E-state index contributed by atoms with van der Waals surface area (Å²) in [5, 5.41) is 2.53. The summed E-state index contributed by atoms with van der Waals surface area (Å²) in [6, 6.07) is 9.76. The van der Waals surface area contributed by atoms with E-state index in [1.54, 1.807) is 37.3 Å². The van der Waals surface area contributed by atoms with Crippen LogP contribution < -0.4 is 19.1 Å². The first-order valence-corrected chi connectivity index (χ1v) is 12.6. The first-order valence-electron chi connectivity index (χ1n) is 10.7. The van der Waals surface area contributed by atoms with Gasteiger partial charge in [0.25, 0.3) is 0 Å². The Bertz CT molecular complexity index is 1140. The molecule has 0 saturated carbocycles. The van der Waals surface area contributed by atoms with E-state index < -0.39 is 21.9 Å². The van der Waals surface area contributed by atoms with Gasteiger partial charge in [0.05, 0.1) is 11.9 Å². The lowest BCUT2D eigenvalue weighted by Crippen LogP contribution is -2.46. The van der Waals surface area contributed by atoms with Gasteiger partial charge >= 0.3 is 0 Å². The zero-order valence-electron chi connectivity index (χ0n) is 19.3. The lowest BCUT2D eigenvalue weighted by atomic mass is 10.1. The number of sulfonamides is 1. The van der Waals surface area contributed by atoms with Gasteiger partial charge in [0.2, 0.25) is 28.6 Å². The average Bonchev–Trinajstić information content (AvgIpc) is 3.27. The van der Waals surface area contributed by atoms with Crippen molar-refractivity contribution in [3.8, 4) is 11.5 Å². The highest BCUT2D eigenvalue weighted by atomic mass is 32.2. The fourth-order valence-corrected chi connectivity index (χ4v) is 4.58. The molecule has 3 rings (SSSR count). The summed E-state index contributed by atoms with van der Waals surface area (Å²) in [5.74, 6) is -0.0717. The van der Waals surface area contributed by atoms with Crippen molar-refractivity contribution < 1.29 is 31.9 Å². The Morgan fingerprint density at radius 2 is 1.79 bits per heavy atom. The SMILES string of the molecule is CNC(=O)C(C)N(Cc1ccc(F)cc1)C(=O)CCCN(c1ccc2c(c1)OCO2)S(C)(=O)=O. The van der Waals surface area contributed by atoms with Gasteiger partial charge in [-0.15, -0.1) is 0 Å². The molecule has 1 aliphatic heterocycles. The molecule has 1 heterocycles. The third-order valence-electron chi connectivity index (χ3n) is 5.48. The van der Waals surface area contributed by atoms with Crippen LogP contribution >= 0.6 is 0 Å². The Hall–Kier alpha value is -3.34. The van der Waals surface area contributed by atoms with Crippen molar-refractivity contribution in [1.29, 1.82) is 0 Å². The Kier molecular flexibility index (Phi) is 7.98. The van der Waals surface area contributed by atoms with Crippen molar-refractivity contribution in [2.24, 2.45) is 0 Å². The number of anilines is 1. The highest BCUT2D eigenvalue weighted by molar-refractivity contribution is 7.92. The van der Waals surface area contributed by atoms with Gasteiger partial charge in [0.15, 0.2) is 11.5 Å². The third kappa shape index (κ3) is 6.16. The lowest BCUT2D eigenvalue weighted by Gasteiger charge is -2.29. The first kappa shape index (κ1) is 25.3. The predicted molar refractivity (Wildman–Crippen MR) is 124 cm³/mol. The second kappa shape index (κ2) is 10.7. The predicted octanol–water partition coefficient (Wildman–Crippen LogP) is 2.26. The topological polar surface area (TPSA) is 105 Å². The standard InChI is InChI=1S/C23H28FN3O6S/c1-16(23(29)25-2)26(14-17-6-8-18(24)9-7-17)22(28)5-4-12-27(34(3,30)31)19-10-11-20-21(13-19)33-15-32-20/h6-11,13,16H,4-5,12,14-15H2,1-3H3,(H,25,29). The number of likely N-dealkylation sites (N-methyl/N-ethyl adjacent to an activating group) is 1. The Morgan fingerprint density at radius 3 is 2.44 bits per heavy atom. The van der Waals surface area contributed by atoms with Crippen LogP contribution in [0.5, 0.6) is 11.5 Å². The van der Waals surface area contributed by atoms with E-state index in [0.29, 0.717) is 22.7 Å². The molecule has 0 aliphatic carbocycles. The Morgan fingerprint density at radius 1 is 1.12 bits per heavy atom. The quantitative estimate of drug-likeness (QED) is 0.544. The van der Waals surface area contributed by atoms with Gasteiger partial charge in [-0.3, -0.25) is 13.9 Å². The summed E-state index contributed by atoms with van der Waals surface area (Å²) in [4.78, 5) is 26.7. The smallest absolute Gasteiger partial charge is 0.242 e. The van der Waals surface area contributed by atoms with Crippen LogP contribution in [0.1, 0.15) is 25.3 Å². The number of carbonyl (C=O) groups is 2. The van der Waals surface area contributed by atoms with Crippen molar-refractivity contribution in [1.82, 2.24) is 10.2 Å². The second-order valence-electron chi connectivity index (χ2n) is 7.91. The number of nitrogens with one attached hydrogen (secondary N) is 1. The maximum atomic E-state index is 13.3. The van der Waals surface area contributed by atoms with Crippen LogP contribution in [0.4, 0.5) is 10.1 Å². The minimum Gasteiger partial charge on any atom is -0.454 e. The molecule has 0 aromatic heterocycles. The van der Waals surface area contributed by atoms with Crippen LogP contribution in [-0.2, 0) is 26.2 Å². The Labute approximate surface area is 198 Å². The molecule has 184 valence electrons. The van der Waals surface area contributed by atoms with E-state index in [4.69, 9.17) is 9.47 Å². The molecule has 2 amide bonds.